The SMILES string of the molecule is CC(=O)N1c2ccccc2N(C(C)=O)c2nn(C(C)=O)c3cc(Br)cc1c23. The molecule has 1 aliphatic heterocycles. The Morgan fingerprint density at radius 3 is 2.00 bits per heavy atom. The molecule has 0 atom stereocenters. The molecule has 0 unspecified atom stereocenters. The Balaban J connectivity index is 2.25. The van der Waals surface area contributed by atoms with Crippen LogP contribution in [0, 0.1) is 0 Å². The maximum absolute atomic E-state index is 12.6. The van der Waals surface area contributed by atoms with Gasteiger partial charge in [0.05, 0.1) is 28.0 Å². The predicted molar refractivity (Wildman–Crippen MR) is 106 cm³/mol. The average Bonchev–Trinajstić information content (AvgIpc) is 2.89. The lowest BCUT2D eigenvalue weighted by molar-refractivity contribution is -0.116. The number of fused-ring (bicyclic) bond motifs is 1. The van der Waals surface area contributed by atoms with Gasteiger partial charge in [-0.05, 0) is 24.3 Å². The van der Waals surface area contributed by atoms with Crippen molar-refractivity contribution < 1.29 is 14.4 Å². The molecule has 0 spiro atoms. The van der Waals surface area contributed by atoms with Gasteiger partial charge in [0.2, 0.25) is 17.7 Å². The summed E-state index contributed by atoms with van der Waals surface area (Å²) in [6, 6.07) is 10.7. The van der Waals surface area contributed by atoms with Crippen molar-refractivity contribution in [1.29, 1.82) is 0 Å². The molecule has 1 aromatic heterocycles. The van der Waals surface area contributed by atoms with Gasteiger partial charge in [-0.2, -0.15) is 4.68 Å². The number of nitrogens with zero attached hydrogens (tertiary/aromatic N) is 4. The summed E-state index contributed by atoms with van der Waals surface area (Å²) in [5, 5.41) is 4.99. The normalized spacial score (nSPS) is 12.7. The average molecular weight is 427 g/mol. The van der Waals surface area contributed by atoms with E-state index in [1.807, 2.05) is 0 Å². The highest BCUT2D eigenvalue weighted by molar-refractivity contribution is 9.10. The van der Waals surface area contributed by atoms with Gasteiger partial charge in [-0.1, -0.05) is 28.1 Å². The summed E-state index contributed by atoms with van der Waals surface area (Å²) in [5.41, 5.74) is 2.19. The van der Waals surface area contributed by atoms with Crippen LogP contribution in [-0.2, 0) is 9.59 Å². The van der Waals surface area contributed by atoms with E-state index in [1.54, 1.807) is 41.3 Å². The number of carbonyl (C=O) groups excluding carboxylic acids is 3. The number of para-hydroxylation sites is 2. The number of benzene rings is 2. The zero-order chi connectivity index (χ0) is 19.5. The molecule has 7 nitrogen and oxygen atoms in total. The van der Waals surface area contributed by atoms with Crippen molar-refractivity contribution in [3.8, 4) is 0 Å². The van der Waals surface area contributed by atoms with Crippen LogP contribution in [0.1, 0.15) is 25.6 Å². The van der Waals surface area contributed by atoms with Crippen LogP contribution >= 0.6 is 15.9 Å². The van der Waals surface area contributed by atoms with Crippen molar-refractivity contribution in [2.75, 3.05) is 9.80 Å². The second-order valence-corrected chi connectivity index (χ2v) is 7.19. The minimum Gasteiger partial charge on any atom is -0.278 e. The first-order valence-electron chi connectivity index (χ1n) is 8.25. The molecule has 1 aliphatic rings. The maximum atomic E-state index is 12.6. The molecule has 0 bridgehead atoms. The second-order valence-electron chi connectivity index (χ2n) is 6.27. The molecule has 0 radical (unpaired) electrons. The summed E-state index contributed by atoms with van der Waals surface area (Å²) in [5.74, 6) is -0.445. The van der Waals surface area contributed by atoms with Gasteiger partial charge < -0.3 is 0 Å². The van der Waals surface area contributed by atoms with Gasteiger partial charge in [0.25, 0.3) is 0 Å². The molecule has 4 rings (SSSR count). The van der Waals surface area contributed by atoms with Crippen LogP contribution in [0.3, 0.4) is 0 Å². The van der Waals surface area contributed by atoms with E-state index in [4.69, 9.17) is 0 Å². The molecule has 136 valence electrons. The van der Waals surface area contributed by atoms with E-state index in [0.29, 0.717) is 38.3 Å². The van der Waals surface area contributed by atoms with Gasteiger partial charge in [0, 0.05) is 25.2 Å². The Morgan fingerprint density at radius 2 is 1.44 bits per heavy atom. The van der Waals surface area contributed by atoms with Gasteiger partial charge in [-0.25, -0.2) is 0 Å². The standard InChI is InChI=1S/C19H15BrN4O3/c1-10(25)22-14-6-4-5-7-15(14)23(11(2)26)19-18-16(22)8-13(20)9-17(18)24(21-19)12(3)27/h4-9H,1-3H3. The molecule has 8 heteroatoms. The van der Waals surface area contributed by atoms with Crippen LogP contribution in [0.25, 0.3) is 10.9 Å². The molecular weight excluding hydrogens is 412 g/mol. The molecule has 0 N–H and O–H groups in total. The number of anilines is 4. The monoisotopic (exact) mass is 426 g/mol. The fourth-order valence-electron chi connectivity index (χ4n) is 3.49. The summed E-state index contributed by atoms with van der Waals surface area (Å²) in [7, 11) is 0. The third-order valence-electron chi connectivity index (χ3n) is 4.45. The van der Waals surface area contributed by atoms with E-state index < -0.39 is 0 Å². The van der Waals surface area contributed by atoms with Crippen LogP contribution in [0.4, 0.5) is 22.9 Å². The summed E-state index contributed by atoms with van der Waals surface area (Å²) in [4.78, 5) is 40.3. The molecule has 3 aromatic rings. The highest BCUT2D eigenvalue weighted by Gasteiger charge is 2.34. The zero-order valence-corrected chi connectivity index (χ0v) is 16.4. The molecule has 2 amide bonds. The fourth-order valence-corrected chi connectivity index (χ4v) is 3.92. The summed E-state index contributed by atoms with van der Waals surface area (Å²) in [6.45, 7) is 4.29. The Morgan fingerprint density at radius 1 is 0.852 bits per heavy atom. The third-order valence-corrected chi connectivity index (χ3v) is 4.91. The largest absolute Gasteiger partial charge is 0.278 e. The lowest BCUT2D eigenvalue weighted by Gasteiger charge is -2.25. The quantitative estimate of drug-likeness (QED) is 0.541. The van der Waals surface area contributed by atoms with Gasteiger partial charge >= 0.3 is 0 Å². The third kappa shape index (κ3) is 2.48. The van der Waals surface area contributed by atoms with Crippen LogP contribution in [0.5, 0.6) is 0 Å². The first-order valence-corrected chi connectivity index (χ1v) is 9.04. The number of halogens is 1. The van der Waals surface area contributed by atoms with Crippen LogP contribution in [0.15, 0.2) is 40.9 Å². The summed E-state index contributed by atoms with van der Waals surface area (Å²) < 4.78 is 1.94. The van der Waals surface area contributed by atoms with E-state index >= 15 is 0 Å². The summed E-state index contributed by atoms with van der Waals surface area (Å²) in [6.07, 6.45) is 0. The number of aromatic nitrogens is 2. The number of rotatable bonds is 0. The Bertz CT molecular complexity index is 1150. The highest BCUT2D eigenvalue weighted by atomic mass is 79.9. The van der Waals surface area contributed by atoms with Crippen molar-refractivity contribution in [2.45, 2.75) is 20.8 Å². The molecule has 2 aromatic carbocycles. The Hall–Kier alpha value is -3.00. The molecule has 2 heterocycles. The van der Waals surface area contributed by atoms with Crippen molar-refractivity contribution >= 4 is 67.4 Å². The van der Waals surface area contributed by atoms with Crippen LogP contribution in [0.2, 0.25) is 0 Å². The van der Waals surface area contributed by atoms with Crippen LogP contribution < -0.4 is 9.80 Å². The van der Waals surface area contributed by atoms with Gasteiger partial charge in [0.1, 0.15) is 0 Å². The molecule has 0 fully saturated rings. The lowest BCUT2D eigenvalue weighted by atomic mass is 10.1. The molecule has 27 heavy (non-hydrogen) atoms. The highest BCUT2D eigenvalue weighted by Crippen LogP contribution is 2.48. The Kier molecular flexibility index (Phi) is 3.88. The smallest absolute Gasteiger partial charge is 0.244 e. The van der Waals surface area contributed by atoms with E-state index in [1.165, 1.54) is 30.4 Å². The topological polar surface area (TPSA) is 75.5 Å². The van der Waals surface area contributed by atoms with E-state index in [2.05, 4.69) is 21.0 Å². The first kappa shape index (κ1) is 17.4. The van der Waals surface area contributed by atoms with Crippen molar-refractivity contribution in [3.63, 3.8) is 0 Å². The van der Waals surface area contributed by atoms with Gasteiger partial charge in [-0.3, -0.25) is 24.2 Å². The summed E-state index contributed by atoms with van der Waals surface area (Å²) >= 11 is 3.46. The lowest BCUT2D eigenvalue weighted by Crippen LogP contribution is -2.27. The minimum absolute atomic E-state index is 0.214. The Labute approximate surface area is 163 Å². The van der Waals surface area contributed by atoms with Gasteiger partial charge in [0.15, 0.2) is 5.82 Å². The number of carbonyl (C=O) groups is 3. The van der Waals surface area contributed by atoms with Gasteiger partial charge in [-0.15, -0.1) is 5.10 Å². The number of hydrogen-bond acceptors (Lipinski definition) is 4. The van der Waals surface area contributed by atoms with E-state index in [0.717, 1.165) is 0 Å². The van der Waals surface area contributed by atoms with Crippen LogP contribution in [-0.4, -0.2) is 27.5 Å². The maximum Gasteiger partial charge on any atom is 0.244 e. The number of amides is 2. The minimum atomic E-state index is -0.290. The second kappa shape index (κ2) is 6.02. The van der Waals surface area contributed by atoms with Crippen molar-refractivity contribution in [2.24, 2.45) is 0 Å². The van der Waals surface area contributed by atoms with E-state index in [9.17, 15) is 14.4 Å². The fraction of sp³-hybridized carbons (Fsp3) is 0.158. The van der Waals surface area contributed by atoms with E-state index in [-0.39, 0.29) is 17.7 Å². The first-order chi connectivity index (χ1) is 12.8. The molecule has 0 saturated heterocycles. The number of hydrogen-bond donors (Lipinski definition) is 0. The molecule has 0 aliphatic carbocycles. The van der Waals surface area contributed by atoms with Crippen molar-refractivity contribution in [1.82, 2.24) is 9.78 Å². The molecular formula is C19H15BrN4O3. The predicted octanol–water partition coefficient (Wildman–Crippen LogP) is 4.14. The molecule has 0 saturated carbocycles. The van der Waals surface area contributed by atoms with Crippen molar-refractivity contribution in [3.05, 3.63) is 40.9 Å². The zero-order valence-electron chi connectivity index (χ0n) is 14.9.